The van der Waals surface area contributed by atoms with Crippen LogP contribution in [0.3, 0.4) is 0 Å². The predicted molar refractivity (Wildman–Crippen MR) is 78.0 cm³/mol. The molecule has 0 radical (unpaired) electrons. The van der Waals surface area contributed by atoms with Crippen LogP contribution in [0, 0.1) is 17.7 Å². The maximum absolute atomic E-state index is 13.7. The number of aliphatic hydroxyl groups excluding tert-OH is 1. The molecule has 0 fully saturated rings. The van der Waals surface area contributed by atoms with Crippen molar-refractivity contribution in [2.45, 2.75) is 6.54 Å². The summed E-state index contributed by atoms with van der Waals surface area (Å²) in [6.45, 7) is -0.175. The lowest BCUT2D eigenvalue weighted by Crippen LogP contribution is -2.23. The van der Waals surface area contributed by atoms with Crippen LogP contribution in [0.1, 0.15) is 21.5 Å². The number of hydrogen-bond donors (Lipinski definition) is 2. The topological polar surface area (TPSA) is 49.3 Å². The Bertz CT molecular complexity index is 687. The van der Waals surface area contributed by atoms with Gasteiger partial charge in [0.2, 0.25) is 0 Å². The van der Waals surface area contributed by atoms with E-state index in [1.807, 2.05) is 6.07 Å². The molecule has 106 valence electrons. The molecule has 2 rings (SSSR count). The maximum Gasteiger partial charge on any atom is 0.251 e. The Hall–Kier alpha value is -2.64. The first-order chi connectivity index (χ1) is 10.2. The molecule has 0 aliphatic heterocycles. The maximum atomic E-state index is 13.7. The Kier molecular flexibility index (Phi) is 5.08. The SMILES string of the molecule is O=C(NCc1cc(C#CCO)ccc1F)c1ccccc1. The Morgan fingerprint density at radius 3 is 2.67 bits per heavy atom. The highest BCUT2D eigenvalue weighted by Gasteiger charge is 2.07. The first kappa shape index (κ1) is 14.8. The Morgan fingerprint density at radius 2 is 1.95 bits per heavy atom. The van der Waals surface area contributed by atoms with E-state index in [9.17, 15) is 9.18 Å². The van der Waals surface area contributed by atoms with Crippen LogP contribution in [-0.4, -0.2) is 17.6 Å². The summed E-state index contributed by atoms with van der Waals surface area (Å²) in [6, 6.07) is 13.1. The van der Waals surface area contributed by atoms with Gasteiger partial charge in [-0.1, -0.05) is 30.0 Å². The van der Waals surface area contributed by atoms with Crippen LogP contribution in [0.4, 0.5) is 4.39 Å². The van der Waals surface area contributed by atoms with Gasteiger partial charge in [0, 0.05) is 23.2 Å². The highest BCUT2D eigenvalue weighted by atomic mass is 19.1. The molecule has 0 aliphatic carbocycles. The Morgan fingerprint density at radius 1 is 1.19 bits per heavy atom. The number of amides is 1. The zero-order valence-corrected chi connectivity index (χ0v) is 11.3. The average molecular weight is 283 g/mol. The van der Waals surface area contributed by atoms with Crippen molar-refractivity contribution in [3.05, 3.63) is 71.0 Å². The van der Waals surface area contributed by atoms with Gasteiger partial charge in [0.05, 0.1) is 0 Å². The molecule has 21 heavy (non-hydrogen) atoms. The van der Waals surface area contributed by atoms with Crippen molar-refractivity contribution in [2.75, 3.05) is 6.61 Å². The third-order valence-electron chi connectivity index (χ3n) is 2.83. The molecular formula is C17H14FNO2. The third-order valence-corrected chi connectivity index (χ3v) is 2.83. The second kappa shape index (κ2) is 7.22. The fourth-order valence-electron chi connectivity index (χ4n) is 1.80. The van der Waals surface area contributed by atoms with Gasteiger partial charge in [-0.25, -0.2) is 4.39 Å². The number of nitrogens with one attached hydrogen (secondary N) is 1. The van der Waals surface area contributed by atoms with E-state index in [1.165, 1.54) is 12.1 Å². The highest BCUT2D eigenvalue weighted by molar-refractivity contribution is 5.94. The number of hydrogen-bond acceptors (Lipinski definition) is 2. The number of aliphatic hydroxyl groups is 1. The quantitative estimate of drug-likeness (QED) is 0.848. The van der Waals surface area contributed by atoms with E-state index in [-0.39, 0.29) is 19.1 Å². The van der Waals surface area contributed by atoms with Gasteiger partial charge < -0.3 is 10.4 Å². The van der Waals surface area contributed by atoms with E-state index >= 15 is 0 Å². The lowest BCUT2D eigenvalue weighted by atomic mass is 10.1. The second-order valence-corrected chi connectivity index (χ2v) is 4.31. The van der Waals surface area contributed by atoms with Crippen LogP contribution in [0.15, 0.2) is 48.5 Å². The molecule has 0 unspecified atom stereocenters. The van der Waals surface area contributed by atoms with E-state index in [2.05, 4.69) is 17.2 Å². The van der Waals surface area contributed by atoms with Gasteiger partial charge in [-0.3, -0.25) is 4.79 Å². The van der Waals surface area contributed by atoms with Crippen LogP contribution in [0.5, 0.6) is 0 Å². The molecule has 0 saturated heterocycles. The summed E-state index contributed by atoms with van der Waals surface area (Å²) in [5.41, 5.74) is 1.47. The molecule has 0 saturated carbocycles. The smallest absolute Gasteiger partial charge is 0.251 e. The Balaban J connectivity index is 2.07. The summed E-state index contributed by atoms with van der Waals surface area (Å²) in [6.07, 6.45) is 0. The summed E-state index contributed by atoms with van der Waals surface area (Å²) < 4.78 is 13.7. The number of rotatable bonds is 3. The Labute approximate surface area is 122 Å². The van der Waals surface area contributed by atoms with Crippen LogP contribution >= 0.6 is 0 Å². The second-order valence-electron chi connectivity index (χ2n) is 4.31. The minimum Gasteiger partial charge on any atom is -0.384 e. The summed E-state index contributed by atoms with van der Waals surface area (Å²) >= 11 is 0. The van der Waals surface area contributed by atoms with Crippen molar-refractivity contribution < 1.29 is 14.3 Å². The molecular weight excluding hydrogens is 269 g/mol. The number of carbonyl (C=O) groups is 1. The number of halogens is 1. The van der Waals surface area contributed by atoms with Crippen molar-refractivity contribution in [2.24, 2.45) is 0 Å². The summed E-state index contributed by atoms with van der Waals surface area (Å²) in [5, 5.41) is 11.3. The average Bonchev–Trinajstić information content (AvgIpc) is 2.53. The lowest BCUT2D eigenvalue weighted by Gasteiger charge is -2.07. The molecule has 1 amide bonds. The fourth-order valence-corrected chi connectivity index (χ4v) is 1.80. The minimum atomic E-state index is -0.405. The normalized spacial score (nSPS) is 9.62. The van der Waals surface area contributed by atoms with Gasteiger partial charge in [0.15, 0.2) is 0 Å². The zero-order chi connectivity index (χ0) is 15.1. The molecule has 2 N–H and O–H groups in total. The van der Waals surface area contributed by atoms with Crippen molar-refractivity contribution in [1.29, 1.82) is 0 Å². The first-order valence-corrected chi connectivity index (χ1v) is 6.42. The molecule has 2 aromatic carbocycles. The summed E-state index contributed by atoms with van der Waals surface area (Å²) in [5.74, 6) is 4.53. The number of benzene rings is 2. The molecule has 0 heterocycles. The molecule has 0 bridgehead atoms. The summed E-state index contributed by atoms with van der Waals surface area (Å²) in [7, 11) is 0. The standard InChI is InChI=1S/C17H14FNO2/c18-16-9-8-13(5-4-10-20)11-15(16)12-19-17(21)14-6-2-1-3-7-14/h1-3,6-9,11,20H,10,12H2,(H,19,21). The number of carbonyl (C=O) groups excluding carboxylic acids is 1. The highest BCUT2D eigenvalue weighted by Crippen LogP contribution is 2.10. The third kappa shape index (κ3) is 4.16. The van der Waals surface area contributed by atoms with E-state index in [0.717, 1.165) is 0 Å². The lowest BCUT2D eigenvalue weighted by molar-refractivity contribution is 0.0950. The molecule has 0 atom stereocenters. The van der Waals surface area contributed by atoms with E-state index < -0.39 is 5.82 Å². The molecule has 0 spiro atoms. The largest absolute Gasteiger partial charge is 0.384 e. The minimum absolute atomic E-state index is 0.0776. The van der Waals surface area contributed by atoms with Gasteiger partial charge >= 0.3 is 0 Å². The first-order valence-electron chi connectivity index (χ1n) is 6.42. The molecule has 0 aliphatic rings. The molecule has 0 aromatic heterocycles. The van der Waals surface area contributed by atoms with Gasteiger partial charge in [0.25, 0.3) is 5.91 Å². The van der Waals surface area contributed by atoms with Crippen LogP contribution in [0.2, 0.25) is 0 Å². The molecule has 3 nitrogen and oxygen atoms in total. The fraction of sp³-hybridized carbons (Fsp3) is 0.118. The van der Waals surface area contributed by atoms with Gasteiger partial charge in [0.1, 0.15) is 12.4 Å². The van der Waals surface area contributed by atoms with Crippen LogP contribution in [0.25, 0.3) is 0 Å². The zero-order valence-electron chi connectivity index (χ0n) is 11.3. The molecule has 4 heteroatoms. The van der Waals surface area contributed by atoms with Gasteiger partial charge in [-0.2, -0.15) is 0 Å². The van der Waals surface area contributed by atoms with Gasteiger partial charge in [-0.05, 0) is 30.3 Å². The van der Waals surface area contributed by atoms with E-state index in [4.69, 9.17) is 5.11 Å². The van der Waals surface area contributed by atoms with Crippen LogP contribution < -0.4 is 5.32 Å². The predicted octanol–water partition coefficient (Wildman–Crippen LogP) is 2.10. The summed E-state index contributed by atoms with van der Waals surface area (Å²) in [4.78, 5) is 11.9. The van der Waals surface area contributed by atoms with Crippen molar-refractivity contribution in [3.8, 4) is 11.8 Å². The van der Waals surface area contributed by atoms with E-state index in [1.54, 1.807) is 30.3 Å². The van der Waals surface area contributed by atoms with Gasteiger partial charge in [-0.15, -0.1) is 0 Å². The van der Waals surface area contributed by atoms with Crippen molar-refractivity contribution >= 4 is 5.91 Å². The van der Waals surface area contributed by atoms with Crippen molar-refractivity contribution in [1.82, 2.24) is 5.32 Å². The molecule has 2 aromatic rings. The van der Waals surface area contributed by atoms with E-state index in [0.29, 0.717) is 16.7 Å². The monoisotopic (exact) mass is 283 g/mol. The van der Waals surface area contributed by atoms with Crippen LogP contribution in [-0.2, 0) is 6.54 Å². The van der Waals surface area contributed by atoms with Crippen molar-refractivity contribution in [3.63, 3.8) is 0 Å².